The van der Waals surface area contributed by atoms with Crippen molar-refractivity contribution in [1.29, 1.82) is 0 Å². The fourth-order valence-corrected chi connectivity index (χ4v) is 2.16. The van der Waals surface area contributed by atoms with Crippen LogP contribution in [0.25, 0.3) is 0 Å². The van der Waals surface area contributed by atoms with Gasteiger partial charge in [0.1, 0.15) is 5.75 Å². The summed E-state index contributed by atoms with van der Waals surface area (Å²) in [4.78, 5) is 0. The summed E-state index contributed by atoms with van der Waals surface area (Å²) in [5.41, 5.74) is 7.26. The highest BCUT2D eigenvalue weighted by Crippen LogP contribution is 2.27. The van der Waals surface area contributed by atoms with Crippen LogP contribution < -0.4 is 10.5 Å². The second-order valence-corrected chi connectivity index (χ2v) is 6.49. The maximum atomic E-state index is 5.85. The van der Waals surface area contributed by atoms with E-state index < -0.39 is 0 Å². The van der Waals surface area contributed by atoms with Gasteiger partial charge in [0, 0.05) is 10.5 Å². The van der Waals surface area contributed by atoms with Crippen molar-refractivity contribution in [1.82, 2.24) is 0 Å². The van der Waals surface area contributed by atoms with E-state index in [0.717, 1.165) is 28.8 Å². The zero-order chi connectivity index (χ0) is 13.1. The van der Waals surface area contributed by atoms with E-state index in [9.17, 15) is 0 Å². The van der Waals surface area contributed by atoms with Gasteiger partial charge in [-0.2, -0.15) is 0 Å². The molecule has 1 aromatic carbocycles. The maximum absolute atomic E-state index is 5.85. The van der Waals surface area contributed by atoms with Gasteiger partial charge in [-0.05, 0) is 36.5 Å². The average Bonchev–Trinajstić information content (AvgIpc) is 2.15. The average molecular weight is 300 g/mol. The van der Waals surface area contributed by atoms with Gasteiger partial charge in [-0.1, -0.05) is 42.8 Å². The van der Waals surface area contributed by atoms with Crippen molar-refractivity contribution >= 4 is 15.9 Å². The van der Waals surface area contributed by atoms with Crippen molar-refractivity contribution in [3.05, 3.63) is 28.2 Å². The smallest absolute Gasteiger partial charge is 0.120 e. The summed E-state index contributed by atoms with van der Waals surface area (Å²) in [6.07, 6.45) is 1.04. The van der Waals surface area contributed by atoms with E-state index in [1.807, 2.05) is 25.1 Å². The summed E-state index contributed by atoms with van der Waals surface area (Å²) in [6.45, 7) is 9.36. The van der Waals surface area contributed by atoms with Gasteiger partial charge in [-0.3, -0.25) is 0 Å². The van der Waals surface area contributed by atoms with E-state index in [1.165, 1.54) is 0 Å². The van der Waals surface area contributed by atoms with Crippen molar-refractivity contribution in [2.75, 3.05) is 6.61 Å². The maximum Gasteiger partial charge on any atom is 0.120 e. The van der Waals surface area contributed by atoms with Gasteiger partial charge in [-0.15, -0.1) is 0 Å². The summed E-state index contributed by atoms with van der Waals surface area (Å²) in [5.74, 6) is 0.894. The third kappa shape index (κ3) is 5.09. The van der Waals surface area contributed by atoms with Crippen molar-refractivity contribution in [3.63, 3.8) is 0 Å². The Labute approximate surface area is 113 Å². The number of hydrogen-bond acceptors (Lipinski definition) is 2. The molecule has 0 amide bonds. The van der Waals surface area contributed by atoms with E-state index in [-0.39, 0.29) is 6.04 Å². The molecule has 3 heteroatoms. The minimum atomic E-state index is 0.0352. The molecule has 0 bridgehead atoms. The summed E-state index contributed by atoms with van der Waals surface area (Å²) >= 11 is 3.52. The molecule has 2 nitrogen and oxygen atoms in total. The van der Waals surface area contributed by atoms with Crippen molar-refractivity contribution in [2.24, 2.45) is 11.1 Å². The van der Waals surface area contributed by atoms with Crippen molar-refractivity contribution in [2.45, 2.75) is 40.2 Å². The molecule has 0 spiro atoms. The molecular weight excluding hydrogens is 278 g/mol. The quantitative estimate of drug-likeness (QED) is 0.900. The Balaban J connectivity index is 2.59. The third-order valence-electron chi connectivity index (χ3n) is 2.58. The molecule has 0 aliphatic heterocycles. The molecule has 2 N–H and O–H groups in total. The lowest BCUT2D eigenvalue weighted by atomic mass is 9.93. The number of hydrogen-bond donors (Lipinski definition) is 1. The Morgan fingerprint density at radius 3 is 2.47 bits per heavy atom. The molecule has 0 aliphatic carbocycles. The van der Waals surface area contributed by atoms with E-state index >= 15 is 0 Å². The van der Waals surface area contributed by atoms with Crippen LogP contribution in [0.1, 0.15) is 45.7 Å². The Kier molecular flexibility index (Phi) is 5.02. The monoisotopic (exact) mass is 299 g/mol. The largest absolute Gasteiger partial charge is 0.494 e. The highest BCUT2D eigenvalue weighted by molar-refractivity contribution is 9.10. The van der Waals surface area contributed by atoms with Crippen LogP contribution in [0, 0.1) is 5.41 Å². The summed E-state index contributed by atoms with van der Waals surface area (Å²) in [7, 11) is 0. The van der Waals surface area contributed by atoms with Gasteiger partial charge in [0.25, 0.3) is 0 Å². The normalized spacial score (nSPS) is 13.5. The molecule has 0 unspecified atom stereocenters. The Bertz CT molecular complexity index is 369. The van der Waals surface area contributed by atoms with Crippen LogP contribution in [0.5, 0.6) is 5.75 Å². The van der Waals surface area contributed by atoms with Gasteiger partial charge in [-0.25, -0.2) is 0 Å². The van der Waals surface area contributed by atoms with Gasteiger partial charge in [0.2, 0.25) is 0 Å². The number of rotatable bonds is 4. The standard InChI is InChI=1S/C14H22BrNO/c1-10(16)12-6-5-11(9-13(12)15)17-8-7-14(2,3)4/h5-6,9-10H,7-8,16H2,1-4H3/t10-/m0/s1. The zero-order valence-corrected chi connectivity index (χ0v) is 12.7. The second-order valence-electron chi connectivity index (χ2n) is 5.63. The predicted molar refractivity (Wildman–Crippen MR) is 76.3 cm³/mol. The van der Waals surface area contributed by atoms with Gasteiger partial charge < -0.3 is 10.5 Å². The molecule has 1 aromatic rings. The minimum Gasteiger partial charge on any atom is -0.494 e. The lowest BCUT2D eigenvalue weighted by Gasteiger charge is -2.18. The van der Waals surface area contributed by atoms with Crippen LogP contribution >= 0.6 is 15.9 Å². The van der Waals surface area contributed by atoms with Crippen molar-refractivity contribution in [3.8, 4) is 5.75 Å². The Morgan fingerprint density at radius 2 is 2.00 bits per heavy atom. The zero-order valence-electron chi connectivity index (χ0n) is 11.1. The molecule has 96 valence electrons. The molecule has 0 fully saturated rings. The first-order valence-electron chi connectivity index (χ1n) is 5.97. The highest BCUT2D eigenvalue weighted by atomic mass is 79.9. The summed E-state index contributed by atoms with van der Waals surface area (Å²) < 4.78 is 6.74. The molecule has 0 aromatic heterocycles. The van der Waals surface area contributed by atoms with Gasteiger partial charge in [0.15, 0.2) is 0 Å². The van der Waals surface area contributed by atoms with E-state index in [2.05, 4.69) is 36.7 Å². The van der Waals surface area contributed by atoms with Crippen LogP contribution in [-0.2, 0) is 0 Å². The molecule has 0 aliphatic rings. The Hall–Kier alpha value is -0.540. The molecule has 0 heterocycles. The molecule has 1 rings (SSSR count). The van der Waals surface area contributed by atoms with Crippen LogP contribution in [0.4, 0.5) is 0 Å². The topological polar surface area (TPSA) is 35.2 Å². The number of ether oxygens (including phenoxy) is 1. The molecule has 17 heavy (non-hydrogen) atoms. The first-order valence-corrected chi connectivity index (χ1v) is 6.77. The molecule has 0 radical (unpaired) electrons. The Morgan fingerprint density at radius 1 is 1.35 bits per heavy atom. The first kappa shape index (κ1) is 14.5. The second kappa shape index (κ2) is 5.87. The predicted octanol–water partition coefficient (Wildman–Crippen LogP) is 4.28. The van der Waals surface area contributed by atoms with Crippen LogP contribution in [-0.4, -0.2) is 6.61 Å². The fraction of sp³-hybridized carbons (Fsp3) is 0.571. The summed E-state index contributed by atoms with van der Waals surface area (Å²) in [5, 5.41) is 0. The summed E-state index contributed by atoms with van der Waals surface area (Å²) in [6, 6.07) is 6.02. The molecule has 0 saturated heterocycles. The van der Waals surface area contributed by atoms with Crippen LogP contribution in [0.15, 0.2) is 22.7 Å². The SMILES string of the molecule is C[C@H](N)c1ccc(OCCC(C)(C)C)cc1Br. The highest BCUT2D eigenvalue weighted by Gasteiger charge is 2.10. The van der Waals surface area contributed by atoms with Crippen molar-refractivity contribution < 1.29 is 4.74 Å². The minimum absolute atomic E-state index is 0.0352. The van der Waals surface area contributed by atoms with E-state index in [0.29, 0.717) is 5.41 Å². The van der Waals surface area contributed by atoms with Crippen LogP contribution in [0.3, 0.4) is 0 Å². The third-order valence-corrected chi connectivity index (χ3v) is 3.27. The lowest BCUT2D eigenvalue weighted by Crippen LogP contribution is -2.11. The molecule has 0 saturated carbocycles. The first-order chi connectivity index (χ1) is 7.79. The number of nitrogens with two attached hydrogens (primary N) is 1. The van der Waals surface area contributed by atoms with Gasteiger partial charge in [0.05, 0.1) is 6.61 Å². The number of benzene rings is 1. The number of halogens is 1. The molecule has 1 atom stereocenters. The van der Waals surface area contributed by atoms with E-state index in [4.69, 9.17) is 10.5 Å². The van der Waals surface area contributed by atoms with E-state index in [1.54, 1.807) is 0 Å². The molecular formula is C14H22BrNO. The fourth-order valence-electron chi connectivity index (χ4n) is 1.44. The van der Waals surface area contributed by atoms with Crippen LogP contribution in [0.2, 0.25) is 0 Å². The lowest BCUT2D eigenvalue weighted by molar-refractivity contribution is 0.243. The van der Waals surface area contributed by atoms with Gasteiger partial charge >= 0.3 is 0 Å².